The topological polar surface area (TPSA) is 100 Å². The number of nitrogens with zero attached hydrogens (tertiary/aromatic N) is 1. The predicted molar refractivity (Wildman–Crippen MR) is 121 cm³/mol. The molecule has 0 fully saturated rings. The zero-order valence-corrected chi connectivity index (χ0v) is 18.0. The molecule has 1 aliphatic heterocycles. The lowest BCUT2D eigenvalue weighted by Gasteiger charge is -2.20. The van der Waals surface area contributed by atoms with Gasteiger partial charge in [0.2, 0.25) is 0 Å². The van der Waals surface area contributed by atoms with Gasteiger partial charge in [-0.1, -0.05) is 30.8 Å². The Hall–Kier alpha value is -3.65. The quantitative estimate of drug-likeness (QED) is 0.337. The van der Waals surface area contributed by atoms with Gasteiger partial charge in [-0.2, -0.15) is 5.12 Å². The van der Waals surface area contributed by atoms with E-state index in [0.717, 1.165) is 23.2 Å². The van der Waals surface area contributed by atoms with Crippen molar-refractivity contribution in [2.75, 3.05) is 22.6 Å². The first-order valence-electron chi connectivity index (χ1n) is 9.27. The van der Waals surface area contributed by atoms with Gasteiger partial charge in [0.05, 0.1) is 24.2 Å². The third-order valence-corrected chi connectivity index (χ3v) is 4.18. The number of fused-ring (bicyclic) bond motifs is 1. The maximum Gasteiger partial charge on any atom is 0.333 e. The number of phenols is 1. The number of benzene rings is 2. The fourth-order valence-corrected chi connectivity index (χ4v) is 2.67. The smallest absolute Gasteiger partial charge is 0.333 e. The molecule has 0 saturated carbocycles. The number of carbonyl (C=O) groups excluding carboxylic acids is 2. The maximum absolute atomic E-state index is 11.4. The molecule has 0 aliphatic carbocycles. The van der Waals surface area contributed by atoms with Crippen LogP contribution in [0, 0.1) is 0 Å². The molecule has 3 N–H and O–H groups in total. The second-order valence-electron chi connectivity index (χ2n) is 6.51. The van der Waals surface area contributed by atoms with E-state index in [1.807, 2.05) is 12.1 Å². The van der Waals surface area contributed by atoms with Crippen LogP contribution < -0.4 is 16.0 Å². The minimum Gasteiger partial charge on any atom is -0.506 e. The van der Waals surface area contributed by atoms with E-state index in [-0.39, 0.29) is 18.3 Å². The van der Waals surface area contributed by atoms with E-state index in [0.29, 0.717) is 22.7 Å². The number of ether oxygens (including phenoxy) is 2. The molecule has 1 aliphatic rings. The summed E-state index contributed by atoms with van der Waals surface area (Å²) in [5.41, 5.74) is 9.77. The van der Waals surface area contributed by atoms with E-state index in [2.05, 4.69) is 28.7 Å². The number of rotatable bonds is 6. The largest absolute Gasteiger partial charge is 0.506 e. The van der Waals surface area contributed by atoms with Gasteiger partial charge < -0.3 is 14.6 Å². The highest BCUT2D eigenvalue weighted by molar-refractivity contribution is 6.31. The first-order chi connectivity index (χ1) is 14.7. The fourth-order valence-electron chi connectivity index (χ4n) is 2.50. The van der Waals surface area contributed by atoms with Crippen molar-refractivity contribution in [3.8, 4) is 5.75 Å². The minimum atomic E-state index is -0.408. The van der Waals surface area contributed by atoms with Gasteiger partial charge in [0.1, 0.15) is 11.4 Å². The summed E-state index contributed by atoms with van der Waals surface area (Å²) in [5.74, 6) is -0.624. The molecule has 0 bridgehead atoms. The third-order valence-electron chi connectivity index (χ3n) is 3.95. The number of hydrazine groups is 2. The lowest BCUT2D eigenvalue weighted by molar-refractivity contribution is -0.139. The third kappa shape index (κ3) is 6.97. The van der Waals surface area contributed by atoms with Crippen molar-refractivity contribution >= 4 is 40.6 Å². The Morgan fingerprint density at radius 2 is 1.87 bits per heavy atom. The highest BCUT2D eigenvalue weighted by Gasteiger charge is 2.21. The highest BCUT2D eigenvalue weighted by atomic mass is 35.5. The molecule has 164 valence electrons. The summed E-state index contributed by atoms with van der Waals surface area (Å²) >= 11 is 6.00. The second-order valence-corrected chi connectivity index (χ2v) is 6.95. The lowest BCUT2D eigenvalue weighted by atomic mass is 10.1. The van der Waals surface area contributed by atoms with Crippen molar-refractivity contribution in [1.82, 2.24) is 0 Å². The number of carbonyl (C=O) groups is 2. The molecule has 2 aromatic rings. The fraction of sp³-hybridized carbons (Fsp3) is 0.182. The molecule has 0 atom stereocenters. The van der Waals surface area contributed by atoms with Gasteiger partial charge in [-0.3, -0.25) is 15.6 Å². The van der Waals surface area contributed by atoms with Crippen molar-refractivity contribution in [3.05, 3.63) is 72.0 Å². The standard InChI is InChI=1S/C18H18ClN3O3.C4H6O2/c1-11(2)18(24)25-8-7-12-3-6-17(23)16(9-12)22-20-14-5-4-13(19)10-15(14)21-22;1-3-6-4(2)5/h3-6,9-10,20-21,23H,1,7-8H2,2H3;3H,1H2,2H3. The SMILES string of the molecule is C=C(C)C(=O)OCCc1ccc(O)c(N2Nc3ccc(Cl)cc3N2)c1.C=COC(C)=O. The Morgan fingerprint density at radius 1 is 1.16 bits per heavy atom. The van der Waals surface area contributed by atoms with Crippen LogP contribution in [0.25, 0.3) is 0 Å². The summed E-state index contributed by atoms with van der Waals surface area (Å²) in [6.45, 7) is 9.87. The van der Waals surface area contributed by atoms with Gasteiger partial charge in [-0.15, -0.1) is 0 Å². The monoisotopic (exact) mass is 445 g/mol. The molecule has 31 heavy (non-hydrogen) atoms. The summed E-state index contributed by atoms with van der Waals surface area (Å²) in [6.07, 6.45) is 1.63. The molecule has 3 rings (SSSR count). The molecule has 0 unspecified atom stereocenters. The van der Waals surface area contributed by atoms with Crippen LogP contribution in [0.2, 0.25) is 5.02 Å². The molecular weight excluding hydrogens is 422 g/mol. The van der Waals surface area contributed by atoms with Crippen molar-refractivity contribution < 1.29 is 24.2 Å². The highest BCUT2D eigenvalue weighted by Crippen LogP contribution is 2.36. The Balaban J connectivity index is 0.000000501. The van der Waals surface area contributed by atoms with Crippen LogP contribution >= 0.6 is 11.6 Å². The first kappa shape index (κ1) is 23.6. The molecule has 0 saturated heterocycles. The van der Waals surface area contributed by atoms with Gasteiger partial charge in [0.15, 0.2) is 0 Å². The summed E-state index contributed by atoms with van der Waals surface area (Å²) in [6, 6.07) is 10.6. The number of anilines is 3. The minimum absolute atomic E-state index is 0.113. The van der Waals surface area contributed by atoms with E-state index in [1.165, 1.54) is 6.92 Å². The van der Waals surface area contributed by atoms with Gasteiger partial charge in [-0.05, 0) is 42.8 Å². The van der Waals surface area contributed by atoms with E-state index in [4.69, 9.17) is 16.3 Å². The molecular formula is C22H24ClN3O5. The molecule has 0 aromatic heterocycles. The number of phenolic OH excluding ortho intramolecular Hbond substituents is 1. The van der Waals surface area contributed by atoms with E-state index in [9.17, 15) is 14.7 Å². The molecule has 0 amide bonds. The first-order valence-corrected chi connectivity index (χ1v) is 9.64. The van der Waals surface area contributed by atoms with Crippen LogP contribution in [0.4, 0.5) is 17.1 Å². The molecule has 9 heteroatoms. The summed E-state index contributed by atoms with van der Waals surface area (Å²) in [7, 11) is 0. The van der Waals surface area contributed by atoms with Crippen LogP contribution in [0.1, 0.15) is 19.4 Å². The van der Waals surface area contributed by atoms with Crippen LogP contribution in [0.3, 0.4) is 0 Å². The average Bonchev–Trinajstić information content (AvgIpc) is 3.12. The molecule has 8 nitrogen and oxygen atoms in total. The van der Waals surface area contributed by atoms with Crippen molar-refractivity contribution in [3.63, 3.8) is 0 Å². The summed E-state index contributed by atoms with van der Waals surface area (Å²) < 4.78 is 9.27. The van der Waals surface area contributed by atoms with Crippen LogP contribution in [0.5, 0.6) is 5.75 Å². The van der Waals surface area contributed by atoms with Crippen molar-refractivity contribution in [2.24, 2.45) is 0 Å². The van der Waals surface area contributed by atoms with Crippen LogP contribution in [0.15, 0.2) is 61.4 Å². The second kappa shape index (κ2) is 10.9. The summed E-state index contributed by atoms with van der Waals surface area (Å²) in [5, 5.41) is 12.4. The predicted octanol–water partition coefficient (Wildman–Crippen LogP) is 4.57. The molecule has 2 aromatic carbocycles. The number of aromatic hydroxyl groups is 1. The van der Waals surface area contributed by atoms with Crippen molar-refractivity contribution in [2.45, 2.75) is 20.3 Å². The van der Waals surface area contributed by atoms with Gasteiger partial charge in [0, 0.05) is 23.9 Å². The van der Waals surface area contributed by atoms with Gasteiger partial charge in [-0.25, -0.2) is 4.79 Å². The number of nitrogens with one attached hydrogen (secondary N) is 2. The number of hydrogen-bond acceptors (Lipinski definition) is 8. The molecule has 0 spiro atoms. The van der Waals surface area contributed by atoms with Crippen LogP contribution in [-0.2, 0) is 25.5 Å². The lowest BCUT2D eigenvalue weighted by Crippen LogP contribution is -2.29. The summed E-state index contributed by atoms with van der Waals surface area (Å²) in [4.78, 5) is 21.2. The molecule has 1 heterocycles. The van der Waals surface area contributed by atoms with Crippen molar-refractivity contribution in [1.29, 1.82) is 0 Å². The number of esters is 2. The zero-order chi connectivity index (χ0) is 23.0. The Labute approximate surface area is 185 Å². The Morgan fingerprint density at radius 3 is 2.48 bits per heavy atom. The number of hydrogen-bond donors (Lipinski definition) is 3. The van der Waals surface area contributed by atoms with E-state index in [1.54, 1.807) is 36.3 Å². The Kier molecular flexibility index (Phi) is 8.33. The molecule has 0 radical (unpaired) electrons. The average molecular weight is 446 g/mol. The maximum atomic E-state index is 11.4. The zero-order valence-electron chi connectivity index (χ0n) is 17.3. The van der Waals surface area contributed by atoms with E-state index >= 15 is 0 Å². The van der Waals surface area contributed by atoms with Crippen LogP contribution in [-0.4, -0.2) is 23.7 Å². The van der Waals surface area contributed by atoms with Gasteiger partial charge in [0.25, 0.3) is 0 Å². The van der Waals surface area contributed by atoms with E-state index < -0.39 is 5.97 Å². The normalized spacial score (nSPS) is 11.1. The number of halogens is 1. The Bertz CT molecular complexity index is 993. The van der Waals surface area contributed by atoms with Gasteiger partial charge >= 0.3 is 11.9 Å².